The lowest BCUT2D eigenvalue weighted by molar-refractivity contribution is -0.115. The van der Waals surface area contributed by atoms with E-state index in [1.165, 1.54) is 36.4 Å². The zero-order valence-corrected chi connectivity index (χ0v) is 15.8. The van der Waals surface area contributed by atoms with E-state index in [4.69, 9.17) is 0 Å². The molecule has 2 N–H and O–H groups in total. The maximum atomic E-state index is 12.9. The van der Waals surface area contributed by atoms with Crippen LogP contribution in [-0.2, 0) is 17.8 Å². The minimum absolute atomic E-state index is 0.00806. The lowest BCUT2D eigenvalue weighted by atomic mass is 10.2. The first-order valence-electron chi connectivity index (χ1n) is 8.45. The van der Waals surface area contributed by atoms with Crippen LogP contribution in [0.1, 0.15) is 25.9 Å². The van der Waals surface area contributed by atoms with E-state index in [-0.39, 0.29) is 36.4 Å². The zero-order chi connectivity index (χ0) is 20.1. The maximum Gasteiger partial charge on any atom is 0.263 e. The van der Waals surface area contributed by atoms with Crippen molar-refractivity contribution in [2.75, 3.05) is 5.32 Å². The monoisotopic (exact) mass is 401 g/mol. The van der Waals surface area contributed by atoms with Crippen LogP contribution in [0.3, 0.4) is 0 Å². The molecule has 144 valence electrons. The fourth-order valence-electron chi connectivity index (χ4n) is 2.48. The molecule has 0 aliphatic heterocycles. The molecule has 0 saturated heterocycles. The molecule has 3 rings (SSSR count). The van der Waals surface area contributed by atoms with Gasteiger partial charge in [-0.15, -0.1) is 11.3 Å². The van der Waals surface area contributed by atoms with Gasteiger partial charge in [-0.3, -0.25) is 9.59 Å². The van der Waals surface area contributed by atoms with Crippen molar-refractivity contribution in [2.45, 2.75) is 19.9 Å². The summed E-state index contributed by atoms with van der Waals surface area (Å²) in [6.07, 6.45) is 0.00806. The Morgan fingerprint density at radius 1 is 1.00 bits per heavy atom. The molecule has 0 unspecified atom stereocenters. The summed E-state index contributed by atoms with van der Waals surface area (Å²) in [7, 11) is 0. The third-order valence-electron chi connectivity index (χ3n) is 3.85. The molecule has 1 aromatic heterocycles. The predicted octanol–water partition coefficient (Wildman–Crippen LogP) is 3.84. The largest absolute Gasteiger partial charge is 0.347 e. The van der Waals surface area contributed by atoms with Gasteiger partial charge in [0.1, 0.15) is 21.5 Å². The van der Waals surface area contributed by atoms with E-state index in [1.807, 2.05) is 0 Å². The van der Waals surface area contributed by atoms with Crippen LogP contribution in [0.25, 0.3) is 0 Å². The third kappa shape index (κ3) is 5.20. The van der Waals surface area contributed by atoms with Crippen molar-refractivity contribution in [2.24, 2.45) is 0 Å². The normalized spacial score (nSPS) is 10.5. The SMILES string of the molecule is Cc1nc(CC(=O)Nc2ccc(F)cc2)sc1C(=O)NCc1ccc(F)cc1. The molecule has 0 spiro atoms. The second kappa shape index (κ2) is 8.71. The van der Waals surface area contributed by atoms with E-state index in [2.05, 4.69) is 15.6 Å². The highest BCUT2D eigenvalue weighted by molar-refractivity contribution is 7.13. The smallest absolute Gasteiger partial charge is 0.263 e. The van der Waals surface area contributed by atoms with Crippen LogP contribution in [0.4, 0.5) is 14.5 Å². The lowest BCUT2D eigenvalue weighted by Crippen LogP contribution is -2.22. The summed E-state index contributed by atoms with van der Waals surface area (Å²) in [5, 5.41) is 5.92. The summed E-state index contributed by atoms with van der Waals surface area (Å²) >= 11 is 1.14. The highest BCUT2D eigenvalue weighted by Crippen LogP contribution is 2.19. The summed E-state index contributed by atoms with van der Waals surface area (Å²) in [5.74, 6) is -1.33. The number of hydrogen-bond acceptors (Lipinski definition) is 4. The molecule has 0 fully saturated rings. The second-order valence-electron chi connectivity index (χ2n) is 6.06. The number of nitrogens with zero attached hydrogens (tertiary/aromatic N) is 1. The minimum atomic E-state index is -0.384. The molecule has 2 aromatic carbocycles. The van der Waals surface area contributed by atoms with Crippen LogP contribution >= 0.6 is 11.3 Å². The van der Waals surface area contributed by atoms with Gasteiger partial charge in [0.2, 0.25) is 5.91 Å². The highest BCUT2D eigenvalue weighted by atomic mass is 32.1. The number of anilines is 1. The number of carbonyl (C=O) groups excluding carboxylic acids is 2. The molecule has 8 heteroatoms. The molecule has 0 bridgehead atoms. The van der Waals surface area contributed by atoms with Crippen LogP contribution in [-0.4, -0.2) is 16.8 Å². The summed E-state index contributed by atoms with van der Waals surface area (Å²) in [6.45, 7) is 1.96. The van der Waals surface area contributed by atoms with Crippen molar-refractivity contribution in [1.29, 1.82) is 0 Å². The summed E-state index contributed by atoms with van der Waals surface area (Å²) in [6, 6.07) is 11.3. The van der Waals surface area contributed by atoms with E-state index < -0.39 is 0 Å². The Balaban J connectivity index is 1.58. The average molecular weight is 401 g/mol. The molecule has 0 radical (unpaired) electrons. The third-order valence-corrected chi connectivity index (χ3v) is 5.01. The van der Waals surface area contributed by atoms with Gasteiger partial charge in [-0.2, -0.15) is 0 Å². The molecule has 0 aliphatic rings. The Hall–Kier alpha value is -3.13. The predicted molar refractivity (Wildman–Crippen MR) is 103 cm³/mol. The highest BCUT2D eigenvalue weighted by Gasteiger charge is 2.17. The molecular weight excluding hydrogens is 384 g/mol. The number of carbonyl (C=O) groups is 2. The van der Waals surface area contributed by atoms with Crippen molar-refractivity contribution in [3.05, 3.63) is 81.3 Å². The van der Waals surface area contributed by atoms with Gasteiger partial charge in [-0.05, 0) is 48.9 Å². The molecule has 5 nitrogen and oxygen atoms in total. The van der Waals surface area contributed by atoms with Crippen LogP contribution < -0.4 is 10.6 Å². The van der Waals surface area contributed by atoms with Crippen molar-refractivity contribution >= 4 is 28.8 Å². The van der Waals surface area contributed by atoms with E-state index in [0.717, 1.165) is 16.9 Å². The molecule has 0 aliphatic carbocycles. The van der Waals surface area contributed by atoms with Crippen LogP contribution in [0.15, 0.2) is 48.5 Å². The van der Waals surface area contributed by atoms with Crippen molar-refractivity contribution in [3.8, 4) is 0 Å². The number of nitrogens with one attached hydrogen (secondary N) is 2. The van der Waals surface area contributed by atoms with E-state index in [9.17, 15) is 18.4 Å². The van der Waals surface area contributed by atoms with E-state index >= 15 is 0 Å². The quantitative estimate of drug-likeness (QED) is 0.659. The van der Waals surface area contributed by atoms with Gasteiger partial charge >= 0.3 is 0 Å². The standard InChI is InChI=1S/C20H17F2N3O2S/c1-12-19(20(27)23-11-13-2-4-14(21)5-3-13)28-18(24-12)10-17(26)25-16-8-6-15(22)7-9-16/h2-9H,10-11H2,1H3,(H,23,27)(H,25,26). The van der Waals surface area contributed by atoms with Crippen LogP contribution in [0, 0.1) is 18.6 Å². The van der Waals surface area contributed by atoms with Gasteiger partial charge in [0, 0.05) is 12.2 Å². The van der Waals surface area contributed by atoms with Gasteiger partial charge in [0.05, 0.1) is 12.1 Å². The molecular formula is C20H17F2N3O2S. The van der Waals surface area contributed by atoms with Gasteiger partial charge in [-0.25, -0.2) is 13.8 Å². The number of thiazole rings is 1. The van der Waals surface area contributed by atoms with Gasteiger partial charge in [-0.1, -0.05) is 12.1 Å². The first kappa shape index (κ1) is 19.6. The first-order valence-corrected chi connectivity index (χ1v) is 9.27. The van der Waals surface area contributed by atoms with Crippen molar-refractivity contribution in [3.63, 3.8) is 0 Å². The molecule has 3 aromatic rings. The van der Waals surface area contributed by atoms with Gasteiger partial charge < -0.3 is 10.6 Å². The van der Waals surface area contributed by atoms with Gasteiger partial charge in [0.25, 0.3) is 5.91 Å². The lowest BCUT2D eigenvalue weighted by Gasteiger charge is -2.04. The fourth-order valence-corrected chi connectivity index (χ4v) is 3.46. The molecule has 2 amide bonds. The number of amides is 2. The Morgan fingerprint density at radius 3 is 2.25 bits per heavy atom. The number of halogens is 2. The van der Waals surface area contributed by atoms with E-state index in [0.29, 0.717) is 21.3 Å². The summed E-state index contributed by atoms with van der Waals surface area (Å²) in [5.41, 5.74) is 1.79. The average Bonchev–Trinajstić information content (AvgIpc) is 3.03. The first-order chi connectivity index (χ1) is 13.4. The number of hydrogen-bond donors (Lipinski definition) is 2. The number of benzene rings is 2. The molecule has 28 heavy (non-hydrogen) atoms. The van der Waals surface area contributed by atoms with Crippen LogP contribution in [0.2, 0.25) is 0 Å². The number of rotatable bonds is 6. The summed E-state index contributed by atoms with van der Waals surface area (Å²) in [4.78, 5) is 29.2. The summed E-state index contributed by atoms with van der Waals surface area (Å²) < 4.78 is 25.8. The van der Waals surface area contributed by atoms with Crippen molar-refractivity contribution in [1.82, 2.24) is 10.3 Å². The topological polar surface area (TPSA) is 71.1 Å². The second-order valence-corrected chi connectivity index (χ2v) is 7.15. The number of aromatic nitrogens is 1. The Morgan fingerprint density at radius 2 is 1.61 bits per heavy atom. The molecule has 0 atom stereocenters. The fraction of sp³-hybridized carbons (Fsp3) is 0.150. The Bertz CT molecular complexity index is 986. The van der Waals surface area contributed by atoms with Crippen LogP contribution in [0.5, 0.6) is 0 Å². The molecule has 0 saturated carbocycles. The van der Waals surface area contributed by atoms with Gasteiger partial charge in [0.15, 0.2) is 0 Å². The number of aryl methyl sites for hydroxylation is 1. The Kier molecular flexibility index (Phi) is 6.10. The maximum absolute atomic E-state index is 12.9. The zero-order valence-electron chi connectivity index (χ0n) is 15.0. The Labute approximate surface area is 164 Å². The minimum Gasteiger partial charge on any atom is -0.347 e. The van der Waals surface area contributed by atoms with Crippen molar-refractivity contribution < 1.29 is 18.4 Å². The molecule has 1 heterocycles. The van der Waals surface area contributed by atoms with E-state index in [1.54, 1.807) is 19.1 Å².